The van der Waals surface area contributed by atoms with E-state index in [1.54, 1.807) is 0 Å². The first-order chi connectivity index (χ1) is 10.0. The van der Waals surface area contributed by atoms with Crippen molar-refractivity contribution in [2.75, 3.05) is 6.61 Å². The maximum Gasteiger partial charge on any atom is 0.264 e. The van der Waals surface area contributed by atoms with Crippen LogP contribution in [0, 0.1) is 3.57 Å². The van der Waals surface area contributed by atoms with Gasteiger partial charge < -0.3 is 9.72 Å². The molecule has 5 heteroatoms. The zero-order valence-electron chi connectivity index (χ0n) is 12.4. The Kier molecular flexibility index (Phi) is 5.39. The second kappa shape index (κ2) is 7.06. The van der Waals surface area contributed by atoms with Crippen molar-refractivity contribution in [2.24, 2.45) is 0 Å². The second-order valence-corrected chi connectivity index (χ2v) is 6.22. The number of H-pyrrole nitrogens is 1. The molecule has 0 saturated carbocycles. The minimum atomic E-state index is -0.0934. The van der Waals surface area contributed by atoms with E-state index in [2.05, 4.69) is 39.5 Å². The van der Waals surface area contributed by atoms with Gasteiger partial charge in [-0.1, -0.05) is 32.9 Å². The average molecular weight is 398 g/mol. The summed E-state index contributed by atoms with van der Waals surface area (Å²) in [4.78, 5) is 19.5. The quantitative estimate of drug-likeness (QED) is 0.776. The molecule has 1 heterocycles. The number of benzene rings is 1. The predicted molar refractivity (Wildman–Crippen MR) is 92.9 cm³/mol. The third-order valence-electron chi connectivity index (χ3n) is 3.02. The van der Waals surface area contributed by atoms with Gasteiger partial charge in [0.2, 0.25) is 0 Å². The Hall–Kier alpha value is -1.37. The van der Waals surface area contributed by atoms with Gasteiger partial charge in [0.25, 0.3) is 5.56 Å². The molecule has 0 saturated heterocycles. The van der Waals surface area contributed by atoms with E-state index in [9.17, 15) is 4.79 Å². The molecule has 0 unspecified atom stereocenters. The molecule has 0 aliphatic carbocycles. The number of hydrogen-bond donors (Lipinski definition) is 1. The molecule has 0 fully saturated rings. The zero-order chi connectivity index (χ0) is 15.4. The molecule has 0 amide bonds. The van der Waals surface area contributed by atoms with Crippen LogP contribution in [0.4, 0.5) is 0 Å². The standard InChI is InChI=1S/C16H19IN2O2/c1-4-8-21-12-7-5-6-11(9-12)15-18-14(10(2)3)13(17)16(20)19-15/h5-7,9-10H,4,8H2,1-3H3,(H,18,19,20). The average Bonchev–Trinajstić information content (AvgIpc) is 2.47. The molecule has 0 radical (unpaired) electrons. The fourth-order valence-corrected chi connectivity index (χ4v) is 2.83. The van der Waals surface area contributed by atoms with Crippen molar-refractivity contribution < 1.29 is 4.74 Å². The molecule has 1 N–H and O–H groups in total. The normalized spacial score (nSPS) is 10.9. The van der Waals surface area contributed by atoms with Crippen molar-refractivity contribution in [2.45, 2.75) is 33.1 Å². The molecule has 2 rings (SSSR count). The van der Waals surface area contributed by atoms with Crippen molar-refractivity contribution in [3.05, 3.63) is 43.9 Å². The highest BCUT2D eigenvalue weighted by Gasteiger charge is 2.13. The monoisotopic (exact) mass is 398 g/mol. The number of nitrogens with zero attached hydrogens (tertiary/aromatic N) is 1. The fourth-order valence-electron chi connectivity index (χ4n) is 1.95. The number of aromatic nitrogens is 2. The van der Waals surface area contributed by atoms with E-state index in [-0.39, 0.29) is 11.5 Å². The Bertz CT molecular complexity index is 680. The Labute approximate surface area is 138 Å². The van der Waals surface area contributed by atoms with Gasteiger partial charge in [0, 0.05) is 5.56 Å². The van der Waals surface area contributed by atoms with E-state index >= 15 is 0 Å². The molecule has 112 valence electrons. The summed E-state index contributed by atoms with van der Waals surface area (Å²) in [6, 6.07) is 7.65. The zero-order valence-corrected chi connectivity index (χ0v) is 14.6. The molecule has 1 aromatic carbocycles. The first-order valence-corrected chi connectivity index (χ1v) is 8.13. The lowest BCUT2D eigenvalue weighted by atomic mass is 10.1. The molecular formula is C16H19IN2O2. The number of halogens is 1. The Balaban J connectivity index is 2.44. The summed E-state index contributed by atoms with van der Waals surface area (Å²) in [7, 11) is 0. The summed E-state index contributed by atoms with van der Waals surface area (Å²) >= 11 is 2.05. The molecule has 1 aromatic heterocycles. The van der Waals surface area contributed by atoms with Gasteiger partial charge in [0.05, 0.1) is 15.9 Å². The lowest BCUT2D eigenvalue weighted by Gasteiger charge is -2.10. The highest BCUT2D eigenvalue weighted by Crippen LogP contribution is 2.23. The van der Waals surface area contributed by atoms with Crippen molar-refractivity contribution >= 4 is 22.6 Å². The Morgan fingerprint density at radius 1 is 1.38 bits per heavy atom. The van der Waals surface area contributed by atoms with E-state index in [0.717, 1.165) is 23.4 Å². The lowest BCUT2D eigenvalue weighted by molar-refractivity contribution is 0.317. The largest absolute Gasteiger partial charge is 0.494 e. The molecule has 0 spiro atoms. The maximum absolute atomic E-state index is 12.1. The highest BCUT2D eigenvalue weighted by atomic mass is 127. The van der Waals surface area contributed by atoms with Crippen molar-refractivity contribution in [1.82, 2.24) is 9.97 Å². The minimum Gasteiger partial charge on any atom is -0.494 e. The van der Waals surface area contributed by atoms with Gasteiger partial charge in [-0.2, -0.15) is 0 Å². The third-order valence-corrected chi connectivity index (χ3v) is 4.06. The van der Waals surface area contributed by atoms with Crippen LogP contribution in [0.3, 0.4) is 0 Å². The van der Waals surface area contributed by atoms with E-state index in [4.69, 9.17) is 4.74 Å². The summed E-state index contributed by atoms with van der Waals surface area (Å²) < 4.78 is 6.28. The van der Waals surface area contributed by atoms with Crippen LogP contribution in [0.5, 0.6) is 5.75 Å². The molecule has 0 aliphatic heterocycles. The Morgan fingerprint density at radius 2 is 2.14 bits per heavy atom. The summed E-state index contributed by atoms with van der Waals surface area (Å²) in [5, 5.41) is 0. The second-order valence-electron chi connectivity index (χ2n) is 5.14. The van der Waals surface area contributed by atoms with Gasteiger partial charge in [-0.15, -0.1) is 0 Å². The smallest absolute Gasteiger partial charge is 0.264 e. The number of nitrogens with one attached hydrogen (secondary N) is 1. The van der Waals surface area contributed by atoms with Gasteiger partial charge in [-0.05, 0) is 47.1 Å². The van der Waals surface area contributed by atoms with Gasteiger partial charge in [-0.25, -0.2) is 4.98 Å². The summed E-state index contributed by atoms with van der Waals surface area (Å²) in [6.07, 6.45) is 0.959. The Morgan fingerprint density at radius 3 is 2.81 bits per heavy atom. The first kappa shape index (κ1) is 16.0. The van der Waals surface area contributed by atoms with E-state index in [0.29, 0.717) is 16.0 Å². The topological polar surface area (TPSA) is 55.0 Å². The van der Waals surface area contributed by atoms with Gasteiger partial charge >= 0.3 is 0 Å². The molecular weight excluding hydrogens is 379 g/mol. The van der Waals surface area contributed by atoms with Crippen LogP contribution in [-0.2, 0) is 0 Å². The van der Waals surface area contributed by atoms with Crippen LogP contribution in [0.2, 0.25) is 0 Å². The SMILES string of the molecule is CCCOc1cccc(-c2nc(C(C)C)c(I)c(=O)[nH]2)c1. The lowest BCUT2D eigenvalue weighted by Crippen LogP contribution is -2.17. The van der Waals surface area contributed by atoms with Crippen molar-refractivity contribution in [3.8, 4) is 17.1 Å². The number of ether oxygens (including phenoxy) is 1. The molecule has 0 bridgehead atoms. The van der Waals surface area contributed by atoms with Gasteiger partial charge in [-0.3, -0.25) is 4.79 Å². The van der Waals surface area contributed by atoms with E-state index in [1.807, 2.05) is 38.1 Å². The fraction of sp³-hybridized carbons (Fsp3) is 0.375. The van der Waals surface area contributed by atoms with Crippen LogP contribution in [-0.4, -0.2) is 16.6 Å². The third kappa shape index (κ3) is 3.84. The van der Waals surface area contributed by atoms with E-state index in [1.165, 1.54) is 0 Å². The van der Waals surface area contributed by atoms with E-state index < -0.39 is 0 Å². The van der Waals surface area contributed by atoms with Gasteiger partial charge in [0.15, 0.2) is 0 Å². The van der Waals surface area contributed by atoms with Crippen LogP contribution in [0.1, 0.15) is 38.8 Å². The predicted octanol–water partition coefficient (Wildman–Crippen LogP) is 3.95. The van der Waals surface area contributed by atoms with Crippen LogP contribution >= 0.6 is 22.6 Å². The molecule has 4 nitrogen and oxygen atoms in total. The molecule has 2 aromatic rings. The number of aromatic amines is 1. The maximum atomic E-state index is 12.1. The van der Waals surface area contributed by atoms with Crippen molar-refractivity contribution in [1.29, 1.82) is 0 Å². The first-order valence-electron chi connectivity index (χ1n) is 7.05. The molecule has 0 aliphatic rings. The summed E-state index contributed by atoms with van der Waals surface area (Å²) in [5.74, 6) is 1.59. The number of hydrogen-bond acceptors (Lipinski definition) is 3. The van der Waals surface area contributed by atoms with Crippen LogP contribution in [0.15, 0.2) is 29.1 Å². The molecule has 21 heavy (non-hydrogen) atoms. The van der Waals surface area contributed by atoms with Crippen molar-refractivity contribution in [3.63, 3.8) is 0 Å². The van der Waals surface area contributed by atoms with Crippen LogP contribution in [0.25, 0.3) is 11.4 Å². The van der Waals surface area contributed by atoms with Gasteiger partial charge in [0.1, 0.15) is 11.6 Å². The summed E-state index contributed by atoms with van der Waals surface area (Å²) in [5.41, 5.74) is 1.59. The van der Waals surface area contributed by atoms with Crippen LogP contribution < -0.4 is 10.3 Å². The number of rotatable bonds is 5. The highest BCUT2D eigenvalue weighted by molar-refractivity contribution is 14.1. The minimum absolute atomic E-state index is 0.0934. The summed E-state index contributed by atoms with van der Waals surface area (Å²) in [6.45, 7) is 6.82. The molecule has 0 atom stereocenters.